The van der Waals surface area contributed by atoms with Crippen molar-refractivity contribution in [1.29, 1.82) is 0 Å². The third-order valence-electron chi connectivity index (χ3n) is 9.18. The SMILES string of the molecule is CC(C=O)Cc1cccc([C@@]2(C)CCCC(C)(C)CSCCc3c(c(F)cc4[nH]ccc34)Sc3ccnc(c3)-c3nc2nn3C)c1. The minimum Gasteiger partial charge on any atom is -0.361 e. The van der Waals surface area contributed by atoms with Gasteiger partial charge in [-0.1, -0.05) is 63.2 Å². The molecule has 3 aromatic heterocycles. The van der Waals surface area contributed by atoms with E-state index in [9.17, 15) is 4.79 Å². The fraction of sp³-hybridized carbons (Fsp3) is 0.405. The van der Waals surface area contributed by atoms with Crippen LogP contribution in [0.5, 0.6) is 0 Å². The van der Waals surface area contributed by atoms with Crippen LogP contribution >= 0.6 is 23.5 Å². The fourth-order valence-electron chi connectivity index (χ4n) is 6.50. The Bertz CT molecular complexity index is 1860. The van der Waals surface area contributed by atoms with Crippen LogP contribution in [0.1, 0.15) is 69.5 Å². The molecule has 2 atom stereocenters. The summed E-state index contributed by atoms with van der Waals surface area (Å²) >= 11 is 3.40. The lowest BCUT2D eigenvalue weighted by atomic mass is 9.75. The Morgan fingerprint density at radius 3 is 2.80 bits per heavy atom. The second-order valence-electron chi connectivity index (χ2n) is 13.6. The maximum atomic E-state index is 15.7. The Labute approximate surface area is 279 Å². The molecular weight excluding hydrogens is 614 g/mol. The maximum absolute atomic E-state index is 15.7. The fourth-order valence-corrected chi connectivity index (χ4v) is 8.72. The Kier molecular flexibility index (Phi) is 9.44. The minimum atomic E-state index is -0.443. The van der Waals surface area contributed by atoms with Crippen LogP contribution in [0.3, 0.4) is 0 Å². The number of halogens is 1. The van der Waals surface area contributed by atoms with Gasteiger partial charge in [0.15, 0.2) is 11.6 Å². The van der Waals surface area contributed by atoms with Crippen molar-refractivity contribution in [3.05, 3.63) is 89.3 Å². The van der Waals surface area contributed by atoms with E-state index < -0.39 is 5.41 Å². The summed E-state index contributed by atoms with van der Waals surface area (Å²) in [6, 6.07) is 16.2. The molecule has 9 heteroatoms. The lowest BCUT2D eigenvalue weighted by molar-refractivity contribution is -0.110. The van der Waals surface area contributed by atoms with E-state index in [-0.39, 0.29) is 17.2 Å². The Morgan fingerprint density at radius 2 is 1.98 bits per heavy atom. The number of hydrogen-bond donors (Lipinski definition) is 1. The largest absolute Gasteiger partial charge is 0.361 e. The number of rotatable bonds is 4. The molecule has 46 heavy (non-hydrogen) atoms. The molecule has 4 bridgehead atoms. The van der Waals surface area contributed by atoms with Crippen LogP contribution in [0, 0.1) is 17.2 Å². The van der Waals surface area contributed by atoms with Crippen LogP contribution in [0.25, 0.3) is 22.4 Å². The summed E-state index contributed by atoms with van der Waals surface area (Å²) in [6.07, 6.45) is 9.12. The number of nitrogens with zero attached hydrogens (tertiary/aromatic N) is 4. The number of aromatic nitrogens is 5. The summed E-state index contributed by atoms with van der Waals surface area (Å²) < 4.78 is 17.5. The second kappa shape index (κ2) is 13.4. The van der Waals surface area contributed by atoms with E-state index >= 15 is 4.39 Å². The van der Waals surface area contributed by atoms with Crippen molar-refractivity contribution in [2.45, 2.75) is 75.0 Å². The number of H-pyrrole nitrogens is 1. The lowest BCUT2D eigenvalue weighted by Gasteiger charge is -2.31. The van der Waals surface area contributed by atoms with Gasteiger partial charge in [0.1, 0.15) is 17.8 Å². The molecule has 6 nitrogen and oxygen atoms in total. The standard InChI is InChI=1S/C37H42FN5OS2/c1-24(22-44)18-25-8-6-9-26(19-25)37(4)14-7-13-36(2,3)23-45-17-12-29-28-11-16-39-31(28)21-30(38)33(29)46-27-10-15-40-32(20-27)34-41-35(37)42-43(34)5/h6,8-11,15-16,19-22,24,39H,7,12-14,17-18,23H2,1-5H3/t24?,37-/m1/s1. The monoisotopic (exact) mass is 655 g/mol. The number of benzene rings is 2. The molecule has 240 valence electrons. The van der Waals surface area contributed by atoms with Crippen molar-refractivity contribution in [2.24, 2.45) is 18.4 Å². The first-order chi connectivity index (χ1) is 22.1. The highest BCUT2D eigenvalue weighted by atomic mass is 32.2. The van der Waals surface area contributed by atoms with Crippen molar-refractivity contribution in [1.82, 2.24) is 24.7 Å². The average Bonchev–Trinajstić information content (AvgIpc) is 3.66. The molecule has 5 aromatic rings. The van der Waals surface area contributed by atoms with E-state index in [0.29, 0.717) is 22.8 Å². The first kappa shape index (κ1) is 32.5. The van der Waals surface area contributed by atoms with Crippen LogP contribution in [-0.2, 0) is 30.1 Å². The summed E-state index contributed by atoms with van der Waals surface area (Å²) in [4.78, 5) is 26.1. The van der Waals surface area contributed by atoms with Gasteiger partial charge in [0.2, 0.25) is 0 Å². The third kappa shape index (κ3) is 6.81. The molecule has 1 N–H and O–H groups in total. The number of carbonyl (C=O) groups is 1. The summed E-state index contributed by atoms with van der Waals surface area (Å²) in [5.41, 5.74) is 4.56. The number of aldehydes is 1. The van der Waals surface area contributed by atoms with E-state index in [2.05, 4.69) is 56.1 Å². The van der Waals surface area contributed by atoms with Crippen LogP contribution in [-0.4, -0.2) is 42.5 Å². The summed E-state index contributed by atoms with van der Waals surface area (Å²) in [7, 11) is 1.91. The zero-order valence-electron chi connectivity index (χ0n) is 27.3. The quantitative estimate of drug-likeness (QED) is 0.195. The Morgan fingerprint density at radius 1 is 1.13 bits per heavy atom. The second-order valence-corrected chi connectivity index (χ2v) is 15.8. The van der Waals surface area contributed by atoms with Crippen molar-refractivity contribution < 1.29 is 9.18 Å². The first-order valence-electron chi connectivity index (χ1n) is 16.0. The van der Waals surface area contributed by atoms with Gasteiger partial charge in [-0.2, -0.15) is 16.9 Å². The zero-order chi connectivity index (χ0) is 32.5. The molecule has 0 aliphatic carbocycles. The molecule has 1 aliphatic heterocycles. The molecule has 1 aliphatic rings. The van der Waals surface area contributed by atoms with Gasteiger partial charge in [0, 0.05) is 41.2 Å². The van der Waals surface area contributed by atoms with Crippen LogP contribution < -0.4 is 0 Å². The molecule has 0 fully saturated rings. The van der Waals surface area contributed by atoms with Gasteiger partial charge in [-0.05, 0) is 90.5 Å². The van der Waals surface area contributed by atoms with Gasteiger partial charge in [0.05, 0.1) is 10.3 Å². The summed E-state index contributed by atoms with van der Waals surface area (Å²) in [5, 5.41) is 6.09. The van der Waals surface area contributed by atoms with Crippen LogP contribution in [0.15, 0.2) is 70.7 Å². The van der Waals surface area contributed by atoms with Crippen LogP contribution in [0.2, 0.25) is 0 Å². The Hall–Kier alpha value is -3.43. The molecule has 0 amide bonds. The number of nitrogens with one attached hydrogen (secondary N) is 1. The molecule has 0 spiro atoms. The van der Waals surface area contributed by atoms with E-state index in [1.165, 1.54) is 11.8 Å². The minimum absolute atomic E-state index is 0.0445. The lowest BCUT2D eigenvalue weighted by Crippen LogP contribution is -2.27. The van der Waals surface area contributed by atoms with Crippen molar-refractivity contribution >= 4 is 40.7 Å². The molecule has 6 rings (SSSR count). The van der Waals surface area contributed by atoms with Gasteiger partial charge in [0.25, 0.3) is 0 Å². The van der Waals surface area contributed by atoms with Crippen molar-refractivity contribution in [2.75, 3.05) is 11.5 Å². The highest BCUT2D eigenvalue weighted by Gasteiger charge is 2.35. The molecule has 1 unspecified atom stereocenters. The normalized spacial score (nSPS) is 19.6. The highest BCUT2D eigenvalue weighted by Crippen LogP contribution is 2.41. The number of hydrogen-bond acceptors (Lipinski definition) is 6. The topological polar surface area (TPSA) is 76.5 Å². The number of thioether (sulfide) groups is 1. The van der Waals surface area contributed by atoms with E-state index in [4.69, 9.17) is 15.1 Å². The molecule has 4 heterocycles. The first-order valence-corrected chi connectivity index (χ1v) is 18.0. The zero-order valence-corrected chi connectivity index (χ0v) is 28.9. The van der Waals surface area contributed by atoms with Crippen molar-refractivity contribution in [3.63, 3.8) is 0 Å². The smallest absolute Gasteiger partial charge is 0.176 e. The maximum Gasteiger partial charge on any atom is 0.176 e. The molecular formula is C37H42FN5OS2. The number of aromatic amines is 1. The van der Waals surface area contributed by atoms with Crippen LogP contribution in [0.4, 0.5) is 4.39 Å². The van der Waals surface area contributed by atoms with Gasteiger partial charge in [-0.15, -0.1) is 0 Å². The van der Waals surface area contributed by atoms with Crippen molar-refractivity contribution in [3.8, 4) is 11.5 Å². The number of carbonyl (C=O) groups excluding carboxylic acids is 1. The third-order valence-corrected chi connectivity index (χ3v) is 11.8. The predicted molar refractivity (Wildman–Crippen MR) is 187 cm³/mol. The molecule has 2 aromatic carbocycles. The summed E-state index contributed by atoms with van der Waals surface area (Å²) in [5.74, 6) is 3.12. The molecule has 0 saturated heterocycles. The number of pyridine rings is 1. The number of fused-ring (bicyclic) bond motifs is 8. The van der Waals surface area contributed by atoms with Gasteiger partial charge < -0.3 is 9.78 Å². The molecule has 0 saturated carbocycles. The van der Waals surface area contributed by atoms with E-state index in [0.717, 1.165) is 81.8 Å². The Balaban J connectivity index is 1.44. The average molecular weight is 656 g/mol. The predicted octanol–water partition coefficient (Wildman–Crippen LogP) is 8.82. The van der Waals surface area contributed by atoms with Gasteiger partial charge in [-0.25, -0.2) is 14.1 Å². The van der Waals surface area contributed by atoms with Gasteiger partial charge in [-0.3, -0.25) is 4.98 Å². The summed E-state index contributed by atoms with van der Waals surface area (Å²) in [6.45, 7) is 8.90. The van der Waals surface area contributed by atoms with Gasteiger partial charge >= 0.3 is 0 Å². The van der Waals surface area contributed by atoms with E-state index in [1.807, 2.05) is 48.7 Å². The molecule has 0 radical (unpaired) electrons. The number of aryl methyl sites for hydroxylation is 2. The van der Waals surface area contributed by atoms with E-state index in [1.54, 1.807) is 12.3 Å². The highest BCUT2D eigenvalue weighted by molar-refractivity contribution is 7.99.